The van der Waals surface area contributed by atoms with Gasteiger partial charge in [0.25, 0.3) is 0 Å². The van der Waals surface area contributed by atoms with Crippen molar-refractivity contribution in [1.82, 2.24) is 0 Å². The van der Waals surface area contributed by atoms with E-state index in [4.69, 9.17) is 4.74 Å². The third-order valence-electron chi connectivity index (χ3n) is 2.98. The summed E-state index contributed by atoms with van der Waals surface area (Å²) in [5.74, 6) is -1.19. The first kappa shape index (κ1) is 18.7. The zero-order chi connectivity index (χ0) is 14.8. The minimum Gasteiger partial charge on any atom is -0.486 e. The number of halogens is 4. The van der Waals surface area contributed by atoms with Gasteiger partial charge in [0.1, 0.15) is 6.61 Å². The van der Waals surface area contributed by atoms with Crippen LogP contribution in [0.4, 0.5) is 17.3 Å². The molecule has 0 saturated carbocycles. The predicted octanol–water partition coefficient (Wildman–Crippen LogP) is 0.772. The molecule has 0 aliphatic heterocycles. The minimum absolute atomic E-state index is 0. The summed E-state index contributed by atoms with van der Waals surface area (Å²) < 4.78 is 56.5. The van der Waals surface area contributed by atoms with Crippen LogP contribution < -0.4 is 61.6 Å². The van der Waals surface area contributed by atoms with E-state index in [0.717, 1.165) is 23.3 Å². The van der Waals surface area contributed by atoms with Crippen molar-refractivity contribution in [3.63, 3.8) is 0 Å². The number of benzene rings is 2. The molecule has 1 nitrogen and oxygen atoms in total. The van der Waals surface area contributed by atoms with Crippen LogP contribution in [0.1, 0.15) is 11.1 Å². The van der Waals surface area contributed by atoms with Crippen LogP contribution in [0.2, 0.25) is 0 Å². The molecule has 2 aromatic rings. The van der Waals surface area contributed by atoms with Crippen LogP contribution in [0.15, 0.2) is 42.5 Å². The molecular formula is C14H12BF4KO. The van der Waals surface area contributed by atoms with Crippen LogP contribution in [0, 0.1) is 12.7 Å². The maximum Gasteiger partial charge on any atom is 1.00 e. The normalized spacial score (nSPS) is 10.9. The van der Waals surface area contributed by atoms with E-state index < -0.39 is 18.3 Å². The topological polar surface area (TPSA) is 9.23 Å². The van der Waals surface area contributed by atoms with Crippen LogP contribution >= 0.6 is 0 Å². The van der Waals surface area contributed by atoms with Crippen LogP contribution in [0.3, 0.4) is 0 Å². The van der Waals surface area contributed by atoms with Crippen molar-refractivity contribution >= 4 is 12.4 Å². The molecule has 0 aliphatic rings. The molecule has 0 spiro atoms. The van der Waals surface area contributed by atoms with E-state index in [9.17, 15) is 17.3 Å². The minimum atomic E-state index is -5.16. The van der Waals surface area contributed by atoms with Crippen LogP contribution in [0.25, 0.3) is 0 Å². The van der Waals surface area contributed by atoms with Crippen molar-refractivity contribution in [3.05, 3.63) is 59.4 Å². The second-order valence-electron chi connectivity index (χ2n) is 4.48. The predicted molar refractivity (Wildman–Crippen MR) is 70.6 cm³/mol. The Morgan fingerprint density at radius 2 is 1.71 bits per heavy atom. The Kier molecular flexibility index (Phi) is 6.93. The summed E-state index contributed by atoms with van der Waals surface area (Å²) in [5, 5.41) is 0. The molecular weight excluding hydrogens is 310 g/mol. The summed E-state index contributed by atoms with van der Waals surface area (Å²) in [6.45, 7) is -3.29. The van der Waals surface area contributed by atoms with Gasteiger partial charge in [-0.05, 0) is 30.2 Å². The fourth-order valence-electron chi connectivity index (χ4n) is 1.76. The second kappa shape index (κ2) is 7.78. The molecule has 2 rings (SSSR count). The maximum atomic E-state index is 13.5. The molecule has 0 saturated heterocycles. The van der Waals surface area contributed by atoms with Crippen molar-refractivity contribution in [2.24, 2.45) is 0 Å². The number of hydrogen-bond acceptors (Lipinski definition) is 1. The van der Waals surface area contributed by atoms with Crippen molar-refractivity contribution in [2.45, 2.75) is 13.5 Å². The van der Waals surface area contributed by atoms with Gasteiger partial charge in [-0.15, -0.1) is 5.46 Å². The summed E-state index contributed by atoms with van der Waals surface area (Å²) in [4.78, 5) is 0. The molecule has 0 heterocycles. The Hall–Kier alpha value is -0.339. The van der Waals surface area contributed by atoms with Crippen molar-refractivity contribution in [3.8, 4) is 5.75 Å². The molecule has 0 radical (unpaired) electrons. The Balaban J connectivity index is 0.00000220. The Labute approximate surface area is 163 Å². The first-order valence-corrected chi connectivity index (χ1v) is 6.04. The van der Waals surface area contributed by atoms with Gasteiger partial charge in [0, 0.05) is 0 Å². The number of ether oxygens (including phenoxy) is 1. The third-order valence-corrected chi connectivity index (χ3v) is 2.98. The van der Waals surface area contributed by atoms with Gasteiger partial charge in [-0.3, -0.25) is 0 Å². The molecule has 0 fully saturated rings. The molecule has 0 aromatic heterocycles. The van der Waals surface area contributed by atoms with E-state index in [0.29, 0.717) is 6.07 Å². The number of hydrogen-bond donors (Lipinski definition) is 0. The molecule has 0 N–H and O–H groups in total. The first-order valence-electron chi connectivity index (χ1n) is 6.04. The van der Waals surface area contributed by atoms with Gasteiger partial charge in [0.15, 0.2) is 11.6 Å². The SMILES string of the molecule is Cc1ccccc1COc1cc([B-](F)(F)F)ccc1F.[K+]. The number of aryl methyl sites for hydroxylation is 1. The van der Waals surface area contributed by atoms with Crippen molar-refractivity contribution in [2.75, 3.05) is 0 Å². The van der Waals surface area contributed by atoms with Gasteiger partial charge in [-0.25, -0.2) is 4.39 Å². The fourth-order valence-corrected chi connectivity index (χ4v) is 1.76. The van der Waals surface area contributed by atoms with Crippen LogP contribution in [-0.4, -0.2) is 6.98 Å². The van der Waals surface area contributed by atoms with E-state index in [1.807, 2.05) is 19.1 Å². The van der Waals surface area contributed by atoms with Gasteiger partial charge in [0.2, 0.25) is 0 Å². The van der Waals surface area contributed by atoms with Gasteiger partial charge in [-0.1, -0.05) is 30.3 Å². The summed E-state index contributed by atoms with van der Waals surface area (Å²) in [5.41, 5.74) is 0.866. The second-order valence-corrected chi connectivity index (χ2v) is 4.48. The molecule has 0 unspecified atom stereocenters. The number of rotatable bonds is 4. The van der Waals surface area contributed by atoms with Gasteiger partial charge in [0.05, 0.1) is 0 Å². The van der Waals surface area contributed by atoms with E-state index in [1.165, 1.54) is 0 Å². The average Bonchev–Trinajstić information content (AvgIpc) is 2.38. The summed E-state index contributed by atoms with van der Waals surface area (Å²) in [6.07, 6.45) is 0. The van der Waals surface area contributed by atoms with Gasteiger partial charge >= 0.3 is 58.4 Å². The third kappa shape index (κ3) is 5.10. The summed E-state index contributed by atoms with van der Waals surface area (Å²) in [7, 11) is 0. The van der Waals surface area contributed by atoms with E-state index in [1.54, 1.807) is 12.1 Å². The zero-order valence-electron chi connectivity index (χ0n) is 11.7. The van der Waals surface area contributed by atoms with Gasteiger partial charge < -0.3 is 17.7 Å². The molecule has 0 bridgehead atoms. The maximum absolute atomic E-state index is 13.5. The quantitative estimate of drug-likeness (QED) is 0.597. The van der Waals surface area contributed by atoms with Gasteiger partial charge in [-0.2, -0.15) is 0 Å². The largest absolute Gasteiger partial charge is 1.00 e. The summed E-state index contributed by atoms with van der Waals surface area (Å²) >= 11 is 0. The molecule has 7 heteroatoms. The smallest absolute Gasteiger partial charge is 0.486 e. The summed E-state index contributed by atoms with van der Waals surface area (Å²) in [6, 6.07) is 9.46. The molecule has 0 amide bonds. The molecule has 0 atom stereocenters. The average molecular weight is 322 g/mol. The Bertz CT molecular complexity index is 616. The zero-order valence-corrected chi connectivity index (χ0v) is 14.9. The molecule has 21 heavy (non-hydrogen) atoms. The monoisotopic (exact) mass is 322 g/mol. The van der Waals surface area contributed by atoms with Crippen molar-refractivity contribution in [1.29, 1.82) is 0 Å². The molecule has 106 valence electrons. The molecule has 0 aliphatic carbocycles. The Morgan fingerprint density at radius 3 is 2.33 bits per heavy atom. The Morgan fingerprint density at radius 1 is 1.05 bits per heavy atom. The fraction of sp³-hybridized carbons (Fsp3) is 0.143. The van der Waals surface area contributed by atoms with E-state index in [-0.39, 0.29) is 63.7 Å². The first-order chi connectivity index (χ1) is 9.38. The van der Waals surface area contributed by atoms with Crippen LogP contribution in [-0.2, 0) is 6.61 Å². The van der Waals surface area contributed by atoms with E-state index >= 15 is 0 Å². The van der Waals surface area contributed by atoms with Crippen LogP contribution in [0.5, 0.6) is 5.75 Å². The molecule has 2 aromatic carbocycles. The van der Waals surface area contributed by atoms with Crippen molar-refractivity contribution < 1.29 is 73.5 Å². The van der Waals surface area contributed by atoms with E-state index in [2.05, 4.69) is 0 Å². The standard InChI is InChI=1S/C14H12BF4O.K/c1-10-4-2-3-5-11(10)9-20-14-8-12(15(17,18)19)6-7-13(14)16;/h2-8H,9H2,1H3;/q-1;+1.